The maximum absolute atomic E-state index is 11.6. The van der Waals surface area contributed by atoms with Gasteiger partial charge in [-0.3, -0.25) is 4.79 Å². The molecule has 2 rings (SSSR count). The molecule has 0 radical (unpaired) electrons. The molecule has 4 nitrogen and oxygen atoms in total. The van der Waals surface area contributed by atoms with Gasteiger partial charge in [0.05, 0.1) is 14.2 Å². The zero-order valence-corrected chi connectivity index (χ0v) is 11.2. The average molecular weight is 249 g/mol. The lowest BCUT2D eigenvalue weighted by atomic mass is 9.76. The summed E-state index contributed by atoms with van der Waals surface area (Å²) >= 11 is 0. The lowest BCUT2D eigenvalue weighted by Crippen LogP contribution is -2.35. The number of hydrogen-bond acceptors (Lipinski definition) is 3. The zero-order chi connectivity index (χ0) is 13.3. The van der Waals surface area contributed by atoms with Crippen molar-refractivity contribution in [2.24, 2.45) is 0 Å². The van der Waals surface area contributed by atoms with E-state index in [9.17, 15) is 4.79 Å². The van der Waals surface area contributed by atoms with Gasteiger partial charge in [0, 0.05) is 17.9 Å². The largest absolute Gasteiger partial charge is 0.493 e. The third kappa shape index (κ3) is 1.92. The molecule has 2 atom stereocenters. The van der Waals surface area contributed by atoms with E-state index in [1.54, 1.807) is 14.2 Å². The number of rotatable bonds is 3. The number of nitrogens with one attached hydrogen (secondary N) is 1. The fourth-order valence-electron chi connectivity index (χ4n) is 2.48. The molecular weight excluding hydrogens is 230 g/mol. The molecule has 4 heteroatoms. The summed E-state index contributed by atoms with van der Waals surface area (Å²) in [7, 11) is 3.23. The van der Waals surface area contributed by atoms with Crippen molar-refractivity contribution in [2.45, 2.75) is 31.7 Å². The van der Waals surface area contributed by atoms with Crippen LogP contribution in [0.2, 0.25) is 0 Å². The van der Waals surface area contributed by atoms with E-state index in [1.165, 1.54) is 0 Å². The summed E-state index contributed by atoms with van der Waals surface area (Å²) < 4.78 is 10.5. The van der Waals surface area contributed by atoms with Crippen LogP contribution >= 0.6 is 0 Å². The molecule has 1 aliphatic rings. The van der Waals surface area contributed by atoms with Crippen molar-refractivity contribution in [3.05, 3.63) is 23.8 Å². The number of hydrogen-bond donors (Lipinski definition) is 1. The molecule has 0 aromatic heterocycles. The summed E-state index contributed by atoms with van der Waals surface area (Å²) in [6.45, 7) is 4.12. The molecule has 0 spiro atoms. The third-order valence-corrected chi connectivity index (χ3v) is 3.90. The van der Waals surface area contributed by atoms with Gasteiger partial charge in [-0.2, -0.15) is 0 Å². The van der Waals surface area contributed by atoms with Crippen molar-refractivity contribution >= 4 is 5.91 Å². The minimum Gasteiger partial charge on any atom is -0.493 e. The third-order valence-electron chi connectivity index (χ3n) is 3.90. The van der Waals surface area contributed by atoms with E-state index in [-0.39, 0.29) is 17.4 Å². The smallest absolute Gasteiger partial charge is 0.221 e. The Kier molecular flexibility index (Phi) is 3.20. The molecule has 0 aliphatic carbocycles. The van der Waals surface area contributed by atoms with Gasteiger partial charge in [0.25, 0.3) is 0 Å². The molecule has 1 saturated heterocycles. The molecule has 18 heavy (non-hydrogen) atoms. The van der Waals surface area contributed by atoms with Crippen LogP contribution in [0.4, 0.5) is 0 Å². The minimum absolute atomic E-state index is 0.0970. The first-order valence-electron chi connectivity index (χ1n) is 6.03. The summed E-state index contributed by atoms with van der Waals surface area (Å²) in [4.78, 5) is 11.6. The number of benzene rings is 1. The van der Waals surface area contributed by atoms with Gasteiger partial charge in [-0.1, -0.05) is 13.0 Å². The van der Waals surface area contributed by atoms with Crippen LogP contribution in [0.1, 0.15) is 25.8 Å². The Balaban J connectivity index is 2.42. The Morgan fingerprint density at radius 3 is 2.44 bits per heavy atom. The highest BCUT2D eigenvalue weighted by Gasteiger charge is 2.42. The first kappa shape index (κ1) is 12.7. The van der Waals surface area contributed by atoms with Gasteiger partial charge >= 0.3 is 0 Å². The van der Waals surface area contributed by atoms with Crippen molar-refractivity contribution < 1.29 is 14.3 Å². The minimum atomic E-state index is -0.198. The van der Waals surface area contributed by atoms with Crippen LogP contribution in [0.15, 0.2) is 18.2 Å². The predicted octanol–water partition coefficient (Wildman–Crippen LogP) is 1.87. The second kappa shape index (κ2) is 4.52. The summed E-state index contributed by atoms with van der Waals surface area (Å²) in [6, 6.07) is 5.95. The Bertz CT molecular complexity index is 472. The highest BCUT2D eigenvalue weighted by Crippen LogP contribution is 2.39. The van der Waals surface area contributed by atoms with E-state index in [0.29, 0.717) is 17.9 Å². The highest BCUT2D eigenvalue weighted by atomic mass is 16.5. The molecule has 0 saturated carbocycles. The van der Waals surface area contributed by atoms with Crippen LogP contribution in [0, 0.1) is 0 Å². The molecule has 1 aromatic carbocycles. The number of carbonyl (C=O) groups is 1. The first-order chi connectivity index (χ1) is 8.51. The molecule has 1 aliphatic heterocycles. The van der Waals surface area contributed by atoms with Crippen LogP contribution in [-0.2, 0) is 10.2 Å². The van der Waals surface area contributed by atoms with Gasteiger partial charge in [0.1, 0.15) is 0 Å². The molecule has 1 N–H and O–H groups in total. The standard InChI is InChI=1S/C14H19NO3/c1-9-14(2,8-13(16)15-9)10-5-6-11(17-3)12(7-10)18-4/h5-7,9H,8H2,1-4H3,(H,15,16). The maximum atomic E-state index is 11.6. The molecule has 2 unspecified atom stereocenters. The molecule has 1 aromatic rings. The quantitative estimate of drug-likeness (QED) is 0.889. The molecule has 1 heterocycles. The number of methoxy groups -OCH3 is 2. The van der Waals surface area contributed by atoms with Crippen LogP contribution in [0.3, 0.4) is 0 Å². The molecular formula is C14H19NO3. The van der Waals surface area contributed by atoms with Gasteiger partial charge in [0.2, 0.25) is 5.91 Å². The number of ether oxygens (including phenoxy) is 2. The maximum Gasteiger partial charge on any atom is 0.221 e. The average Bonchev–Trinajstić information content (AvgIpc) is 2.63. The summed E-state index contributed by atoms with van der Waals surface area (Å²) in [6.07, 6.45) is 0.504. The van der Waals surface area contributed by atoms with Crippen molar-refractivity contribution in [1.29, 1.82) is 0 Å². The predicted molar refractivity (Wildman–Crippen MR) is 69.1 cm³/mol. The van der Waals surface area contributed by atoms with Crippen LogP contribution in [0.25, 0.3) is 0 Å². The fraction of sp³-hybridized carbons (Fsp3) is 0.500. The monoisotopic (exact) mass is 249 g/mol. The van der Waals surface area contributed by atoms with Gasteiger partial charge in [-0.15, -0.1) is 0 Å². The van der Waals surface area contributed by atoms with Crippen LogP contribution in [-0.4, -0.2) is 26.2 Å². The van der Waals surface area contributed by atoms with Crippen LogP contribution in [0.5, 0.6) is 11.5 Å². The Hall–Kier alpha value is -1.71. The number of amides is 1. The lowest BCUT2D eigenvalue weighted by Gasteiger charge is -2.28. The van der Waals surface area contributed by atoms with Crippen molar-refractivity contribution in [3.8, 4) is 11.5 Å². The van der Waals surface area contributed by atoms with E-state index in [1.807, 2.05) is 25.1 Å². The lowest BCUT2D eigenvalue weighted by molar-refractivity contribution is -0.119. The summed E-state index contributed by atoms with van der Waals surface area (Å²) in [5, 5.41) is 2.96. The molecule has 1 fully saturated rings. The van der Waals surface area contributed by atoms with Crippen molar-refractivity contribution in [1.82, 2.24) is 5.32 Å². The molecule has 0 bridgehead atoms. The Labute approximate surface area is 107 Å². The summed E-state index contributed by atoms with van der Waals surface area (Å²) in [5.74, 6) is 1.50. The van der Waals surface area contributed by atoms with Gasteiger partial charge in [-0.05, 0) is 24.6 Å². The van der Waals surface area contributed by atoms with E-state index in [4.69, 9.17) is 9.47 Å². The second-order valence-corrected chi connectivity index (χ2v) is 4.95. The number of carbonyl (C=O) groups excluding carboxylic acids is 1. The molecule has 98 valence electrons. The van der Waals surface area contributed by atoms with Crippen molar-refractivity contribution in [2.75, 3.05) is 14.2 Å². The van der Waals surface area contributed by atoms with Gasteiger partial charge < -0.3 is 14.8 Å². The van der Waals surface area contributed by atoms with Crippen LogP contribution < -0.4 is 14.8 Å². The second-order valence-electron chi connectivity index (χ2n) is 4.95. The summed E-state index contributed by atoms with van der Waals surface area (Å²) in [5.41, 5.74) is 0.891. The highest BCUT2D eigenvalue weighted by molar-refractivity contribution is 5.81. The Morgan fingerprint density at radius 1 is 1.28 bits per heavy atom. The van der Waals surface area contributed by atoms with E-state index < -0.39 is 0 Å². The van der Waals surface area contributed by atoms with E-state index >= 15 is 0 Å². The van der Waals surface area contributed by atoms with Gasteiger partial charge in [-0.25, -0.2) is 0 Å². The topological polar surface area (TPSA) is 47.6 Å². The Morgan fingerprint density at radius 2 is 1.94 bits per heavy atom. The van der Waals surface area contributed by atoms with E-state index in [2.05, 4.69) is 12.2 Å². The van der Waals surface area contributed by atoms with E-state index in [0.717, 1.165) is 5.56 Å². The van der Waals surface area contributed by atoms with Gasteiger partial charge in [0.15, 0.2) is 11.5 Å². The first-order valence-corrected chi connectivity index (χ1v) is 6.03. The van der Waals surface area contributed by atoms with Crippen molar-refractivity contribution in [3.63, 3.8) is 0 Å². The fourth-order valence-corrected chi connectivity index (χ4v) is 2.48. The zero-order valence-electron chi connectivity index (χ0n) is 11.2. The normalized spacial score (nSPS) is 26.9. The SMILES string of the molecule is COc1ccc(C2(C)CC(=O)NC2C)cc1OC. The molecule has 1 amide bonds.